The number of pyridine rings is 1. The molecule has 0 spiro atoms. The maximum absolute atomic E-state index is 13.2. The molecule has 1 aliphatic rings. The Morgan fingerprint density at radius 2 is 1.33 bits per heavy atom. The van der Waals surface area contributed by atoms with E-state index in [1.54, 1.807) is 4.90 Å². The Kier molecular flexibility index (Phi) is 10.4. The second kappa shape index (κ2) is 12.9. The van der Waals surface area contributed by atoms with Gasteiger partial charge in [0.05, 0.1) is 17.2 Å². The van der Waals surface area contributed by atoms with Crippen LogP contribution in [0, 0.1) is 5.92 Å². The van der Waals surface area contributed by atoms with Gasteiger partial charge in [-0.3, -0.25) is 9.88 Å². The van der Waals surface area contributed by atoms with Crippen molar-refractivity contribution < 1.29 is 79.0 Å². The van der Waals surface area contributed by atoms with E-state index in [2.05, 4.69) is 4.98 Å². The maximum atomic E-state index is 13.2. The minimum absolute atomic E-state index is 0. The van der Waals surface area contributed by atoms with Gasteiger partial charge in [0, 0.05) is 18.2 Å². The Bertz CT molecular complexity index is 1280. The summed E-state index contributed by atoms with van der Waals surface area (Å²) in [6, 6.07) is 8.42. The molecular formula is C28H22F9N2NaO2. The molecule has 0 saturated carbocycles. The van der Waals surface area contributed by atoms with Crippen molar-refractivity contribution in [2.75, 3.05) is 6.54 Å². The van der Waals surface area contributed by atoms with Crippen LogP contribution in [0.15, 0.2) is 66.9 Å². The quantitative estimate of drug-likeness (QED) is 0.314. The van der Waals surface area contributed by atoms with Crippen molar-refractivity contribution in [3.8, 4) is 0 Å². The van der Waals surface area contributed by atoms with E-state index in [0.29, 0.717) is 5.56 Å². The average Bonchev–Trinajstić information content (AvgIpc) is 2.88. The molecule has 220 valence electrons. The first-order valence-electron chi connectivity index (χ1n) is 12.4. The normalized spacial score (nSPS) is 19.2. The van der Waals surface area contributed by atoms with Crippen LogP contribution in [0.3, 0.4) is 0 Å². The van der Waals surface area contributed by atoms with Crippen LogP contribution in [-0.2, 0) is 23.3 Å². The second-order valence-corrected chi connectivity index (χ2v) is 9.84. The summed E-state index contributed by atoms with van der Waals surface area (Å²) in [7, 11) is 0. The van der Waals surface area contributed by atoms with Gasteiger partial charge >= 0.3 is 48.1 Å². The van der Waals surface area contributed by atoms with Crippen LogP contribution in [0.4, 0.5) is 39.5 Å². The molecule has 0 N–H and O–H groups in total. The summed E-state index contributed by atoms with van der Waals surface area (Å²) >= 11 is 0. The van der Waals surface area contributed by atoms with Crippen molar-refractivity contribution in [2.24, 2.45) is 5.92 Å². The van der Waals surface area contributed by atoms with E-state index in [1.165, 1.54) is 24.3 Å². The number of carboxylic acid groups (broad SMARTS) is 1. The summed E-state index contributed by atoms with van der Waals surface area (Å²) in [6.07, 6.45) is -12.9. The fourth-order valence-electron chi connectivity index (χ4n) is 5.17. The van der Waals surface area contributed by atoms with E-state index in [-0.39, 0.29) is 66.5 Å². The van der Waals surface area contributed by atoms with Crippen LogP contribution in [-0.4, -0.2) is 22.4 Å². The van der Waals surface area contributed by atoms with E-state index in [0.717, 1.165) is 42.6 Å². The topological polar surface area (TPSA) is 56.3 Å². The molecule has 4 rings (SSSR count). The molecule has 1 saturated heterocycles. The number of likely N-dealkylation sites (tertiary alicyclic amines) is 1. The smallest absolute Gasteiger partial charge is 0.550 e. The number of hydrogen-bond acceptors (Lipinski definition) is 4. The van der Waals surface area contributed by atoms with Crippen LogP contribution >= 0.6 is 0 Å². The molecule has 0 aliphatic carbocycles. The number of nitrogens with zero attached hydrogens (tertiary/aromatic N) is 2. The molecule has 0 amide bonds. The van der Waals surface area contributed by atoms with Crippen LogP contribution in [0.1, 0.15) is 64.9 Å². The van der Waals surface area contributed by atoms with Gasteiger partial charge in [-0.05, 0) is 78.7 Å². The molecule has 1 aromatic heterocycles. The monoisotopic (exact) mass is 612 g/mol. The number of benzene rings is 2. The molecule has 1 aliphatic heterocycles. The van der Waals surface area contributed by atoms with Crippen molar-refractivity contribution in [3.63, 3.8) is 0 Å². The van der Waals surface area contributed by atoms with E-state index in [4.69, 9.17) is 0 Å². The second-order valence-electron chi connectivity index (χ2n) is 9.84. The number of alkyl halides is 9. The Morgan fingerprint density at radius 1 is 0.810 bits per heavy atom. The van der Waals surface area contributed by atoms with Gasteiger partial charge in [0.25, 0.3) is 0 Å². The van der Waals surface area contributed by atoms with Gasteiger partial charge in [-0.2, -0.15) is 39.5 Å². The Balaban J connectivity index is 0.00000484. The van der Waals surface area contributed by atoms with E-state index in [1.807, 2.05) is 0 Å². The average molecular weight is 612 g/mol. The van der Waals surface area contributed by atoms with Crippen LogP contribution in [0.25, 0.3) is 0 Å². The molecule has 0 unspecified atom stereocenters. The molecule has 0 bridgehead atoms. The van der Waals surface area contributed by atoms with Gasteiger partial charge in [0.1, 0.15) is 5.69 Å². The summed E-state index contributed by atoms with van der Waals surface area (Å²) in [5, 5.41) is 11.3. The summed E-state index contributed by atoms with van der Waals surface area (Å²) < 4.78 is 119. The third-order valence-electron chi connectivity index (χ3n) is 7.11. The SMILES string of the molecule is O=C([O-])C[C@@H]1CCN([C@H](c2ccc(C(F)(F)F)cc2)c2ccc(C(F)(F)F)nc2)[C@H](c2ccc(C(F)(F)F)cc2)C1.[Na+]. The molecule has 42 heavy (non-hydrogen) atoms. The third kappa shape index (κ3) is 8.06. The van der Waals surface area contributed by atoms with Gasteiger partial charge in [-0.1, -0.05) is 30.3 Å². The van der Waals surface area contributed by atoms with Gasteiger partial charge in [0.15, 0.2) is 0 Å². The van der Waals surface area contributed by atoms with Crippen molar-refractivity contribution in [2.45, 2.75) is 49.9 Å². The van der Waals surface area contributed by atoms with Crippen LogP contribution in [0.2, 0.25) is 0 Å². The zero-order valence-corrected chi connectivity index (χ0v) is 24.0. The summed E-state index contributed by atoms with van der Waals surface area (Å²) in [6.45, 7) is 0.135. The number of aliphatic carboxylic acids is 1. The number of carbonyl (C=O) groups excluding carboxylic acids is 1. The molecule has 3 atom stereocenters. The molecule has 0 radical (unpaired) electrons. The number of carboxylic acids is 1. The van der Waals surface area contributed by atoms with Gasteiger partial charge in [-0.15, -0.1) is 0 Å². The number of aromatic nitrogens is 1. The predicted octanol–water partition coefficient (Wildman–Crippen LogP) is 3.82. The number of carbonyl (C=O) groups is 1. The molecule has 1 fully saturated rings. The summed E-state index contributed by atoms with van der Waals surface area (Å²) in [5.74, 6) is -1.75. The first-order chi connectivity index (χ1) is 19.0. The van der Waals surface area contributed by atoms with Gasteiger partial charge in [0.2, 0.25) is 0 Å². The van der Waals surface area contributed by atoms with Crippen molar-refractivity contribution in [3.05, 3.63) is 100 Å². The van der Waals surface area contributed by atoms with Gasteiger partial charge < -0.3 is 9.90 Å². The number of rotatable bonds is 6. The number of halogens is 9. The molecule has 14 heteroatoms. The van der Waals surface area contributed by atoms with Crippen molar-refractivity contribution in [1.82, 2.24) is 9.88 Å². The van der Waals surface area contributed by atoms with Crippen LogP contribution in [0.5, 0.6) is 0 Å². The van der Waals surface area contributed by atoms with Gasteiger partial charge in [-0.25, -0.2) is 0 Å². The van der Waals surface area contributed by atoms with E-state index in [9.17, 15) is 49.4 Å². The third-order valence-corrected chi connectivity index (χ3v) is 7.11. The standard InChI is InChI=1S/C28H23F9N2O2.Na/c29-26(30,31)20-6-1-17(2-7-20)22-13-16(14-24(40)41)11-12-39(22)25(18-3-8-21(9-4-18)27(32,33)34)19-5-10-23(38-15-19)28(35,36)37;/h1-10,15-16,22,25H,11-14H2,(H,40,41);/q;+1/p-1/t16-,22+,25-;/m1./s1. The van der Waals surface area contributed by atoms with E-state index >= 15 is 0 Å². The first kappa shape index (κ1) is 33.9. The molecule has 2 aromatic carbocycles. The molecular weight excluding hydrogens is 590 g/mol. The summed E-state index contributed by atoms with van der Waals surface area (Å²) in [4.78, 5) is 16.5. The predicted molar refractivity (Wildman–Crippen MR) is 126 cm³/mol. The fourth-order valence-corrected chi connectivity index (χ4v) is 5.17. The minimum Gasteiger partial charge on any atom is -0.550 e. The molecule has 4 nitrogen and oxygen atoms in total. The Hall–Kier alpha value is -2.61. The molecule has 3 aromatic rings. The summed E-state index contributed by atoms with van der Waals surface area (Å²) in [5.41, 5.74) is -2.20. The first-order valence-corrected chi connectivity index (χ1v) is 12.4. The van der Waals surface area contributed by atoms with Crippen LogP contribution < -0.4 is 34.7 Å². The van der Waals surface area contributed by atoms with Crippen molar-refractivity contribution >= 4 is 5.97 Å². The Labute approximate surface area is 256 Å². The number of hydrogen-bond donors (Lipinski definition) is 0. The molecule has 2 heterocycles. The Morgan fingerprint density at radius 3 is 1.79 bits per heavy atom. The minimum atomic E-state index is -4.74. The fraction of sp³-hybridized carbons (Fsp3) is 0.357. The maximum Gasteiger partial charge on any atom is 1.00 e. The zero-order valence-electron chi connectivity index (χ0n) is 22.0. The van der Waals surface area contributed by atoms with Crippen molar-refractivity contribution in [1.29, 1.82) is 0 Å². The van der Waals surface area contributed by atoms with E-state index < -0.39 is 59.3 Å². The number of piperidine rings is 1. The zero-order chi connectivity index (χ0) is 30.2. The largest absolute Gasteiger partial charge is 1.00 e.